The number of nitrogens with one attached hydrogen (secondary N) is 1. The highest BCUT2D eigenvalue weighted by Gasteiger charge is 2.16. The molecule has 1 amide bonds. The molecular weight excluding hydrogens is 200 g/mol. The molecule has 0 aliphatic rings. The minimum Gasteiger partial charge on any atom is -0.385 e. The topological polar surface area (TPSA) is 49.3 Å². The van der Waals surface area contributed by atoms with Crippen molar-refractivity contribution >= 4 is 17.7 Å². The highest BCUT2D eigenvalue weighted by molar-refractivity contribution is 7.98. The molecule has 0 aromatic carbocycles. The first-order valence-corrected chi connectivity index (χ1v) is 5.19. The number of carbonyl (C=O) groups excluding carboxylic acids is 1. The van der Waals surface area contributed by atoms with Crippen molar-refractivity contribution in [2.45, 2.75) is 19.0 Å². The van der Waals surface area contributed by atoms with E-state index in [0.717, 1.165) is 0 Å². The summed E-state index contributed by atoms with van der Waals surface area (Å²) in [5.41, 5.74) is 0. The normalized spacial score (nSPS) is 13.0. The summed E-state index contributed by atoms with van der Waals surface area (Å²) >= 11 is 1.50. The van der Waals surface area contributed by atoms with Gasteiger partial charge in [-0.25, -0.2) is 8.78 Å². The fourth-order valence-corrected chi connectivity index (χ4v) is 0.980. The van der Waals surface area contributed by atoms with E-state index in [1.165, 1.54) is 11.8 Å². The smallest absolute Gasteiger partial charge is 0.265 e. The minimum absolute atomic E-state index is 0.289. The SMILES string of the molecule is CSCCC(=O)NCC(O)C(F)F. The molecule has 0 spiro atoms. The van der Waals surface area contributed by atoms with Crippen molar-refractivity contribution in [2.24, 2.45) is 0 Å². The Morgan fingerprint density at radius 1 is 1.62 bits per heavy atom. The number of thioether (sulfide) groups is 1. The predicted molar refractivity (Wildman–Crippen MR) is 48.0 cm³/mol. The van der Waals surface area contributed by atoms with Crippen LogP contribution in [0.4, 0.5) is 8.78 Å². The van der Waals surface area contributed by atoms with Crippen LogP contribution in [0.15, 0.2) is 0 Å². The van der Waals surface area contributed by atoms with E-state index in [4.69, 9.17) is 5.11 Å². The second kappa shape index (κ2) is 7.08. The molecule has 0 aromatic heterocycles. The van der Waals surface area contributed by atoms with E-state index in [9.17, 15) is 13.6 Å². The van der Waals surface area contributed by atoms with Crippen LogP contribution in [0.3, 0.4) is 0 Å². The fourth-order valence-electron chi connectivity index (χ4n) is 0.591. The molecule has 0 aromatic rings. The Morgan fingerprint density at radius 2 is 2.23 bits per heavy atom. The van der Waals surface area contributed by atoms with Crippen LogP contribution in [0.25, 0.3) is 0 Å². The van der Waals surface area contributed by atoms with E-state index in [0.29, 0.717) is 5.75 Å². The zero-order chi connectivity index (χ0) is 10.3. The Balaban J connectivity index is 3.46. The van der Waals surface area contributed by atoms with Crippen molar-refractivity contribution in [1.29, 1.82) is 0 Å². The minimum atomic E-state index is -2.80. The Labute approximate surface area is 79.9 Å². The van der Waals surface area contributed by atoms with Gasteiger partial charge in [0.25, 0.3) is 6.43 Å². The maximum absolute atomic E-state index is 11.7. The Morgan fingerprint density at radius 3 is 2.69 bits per heavy atom. The third-order valence-electron chi connectivity index (χ3n) is 1.33. The molecule has 0 aliphatic heterocycles. The quantitative estimate of drug-likeness (QED) is 0.674. The lowest BCUT2D eigenvalue weighted by Crippen LogP contribution is -2.35. The summed E-state index contributed by atoms with van der Waals surface area (Å²) in [4.78, 5) is 10.8. The standard InChI is InChI=1S/C7H13F2NO2S/c1-13-3-2-6(12)10-4-5(11)7(8)9/h5,7,11H,2-4H2,1H3,(H,10,12). The summed E-state index contributed by atoms with van der Waals surface area (Å²) in [6.45, 7) is -0.384. The van der Waals surface area contributed by atoms with Gasteiger partial charge in [0.15, 0.2) is 0 Å². The van der Waals surface area contributed by atoms with Crippen molar-refractivity contribution in [3.8, 4) is 0 Å². The molecule has 0 aliphatic carbocycles. The van der Waals surface area contributed by atoms with Gasteiger partial charge in [-0.2, -0.15) is 11.8 Å². The van der Waals surface area contributed by atoms with Crippen LogP contribution in [-0.2, 0) is 4.79 Å². The summed E-state index contributed by atoms with van der Waals surface area (Å²) in [5, 5.41) is 10.8. The molecule has 1 atom stereocenters. The van der Waals surface area contributed by atoms with Crippen LogP contribution in [0.1, 0.15) is 6.42 Å². The van der Waals surface area contributed by atoms with Gasteiger partial charge in [-0.1, -0.05) is 0 Å². The second-order valence-electron chi connectivity index (χ2n) is 2.45. The van der Waals surface area contributed by atoms with Crippen LogP contribution in [0.5, 0.6) is 0 Å². The van der Waals surface area contributed by atoms with Crippen LogP contribution in [0, 0.1) is 0 Å². The van der Waals surface area contributed by atoms with Crippen LogP contribution in [0.2, 0.25) is 0 Å². The number of aliphatic hydroxyl groups excluding tert-OH is 1. The van der Waals surface area contributed by atoms with E-state index < -0.39 is 12.5 Å². The van der Waals surface area contributed by atoms with Crippen LogP contribution < -0.4 is 5.32 Å². The molecule has 0 rings (SSSR count). The van der Waals surface area contributed by atoms with Crippen molar-refractivity contribution in [3.63, 3.8) is 0 Å². The van der Waals surface area contributed by atoms with Gasteiger partial charge in [0.2, 0.25) is 5.91 Å². The van der Waals surface area contributed by atoms with Crippen LogP contribution in [-0.4, -0.2) is 42.1 Å². The molecule has 1 unspecified atom stereocenters. The van der Waals surface area contributed by atoms with E-state index in [-0.39, 0.29) is 18.9 Å². The molecular formula is C7H13F2NO2S. The molecule has 13 heavy (non-hydrogen) atoms. The average molecular weight is 213 g/mol. The first kappa shape index (κ1) is 12.6. The van der Waals surface area contributed by atoms with E-state index in [1.807, 2.05) is 6.26 Å². The lowest BCUT2D eigenvalue weighted by atomic mass is 10.3. The maximum atomic E-state index is 11.7. The largest absolute Gasteiger partial charge is 0.385 e. The molecule has 3 nitrogen and oxygen atoms in total. The van der Waals surface area contributed by atoms with Gasteiger partial charge in [0, 0.05) is 18.7 Å². The third-order valence-corrected chi connectivity index (χ3v) is 1.94. The van der Waals surface area contributed by atoms with Gasteiger partial charge in [-0.05, 0) is 6.26 Å². The number of rotatable bonds is 6. The van der Waals surface area contributed by atoms with Gasteiger partial charge in [-0.15, -0.1) is 0 Å². The van der Waals surface area contributed by atoms with Crippen molar-refractivity contribution in [2.75, 3.05) is 18.6 Å². The van der Waals surface area contributed by atoms with E-state index in [1.54, 1.807) is 0 Å². The third kappa shape index (κ3) is 6.77. The Bertz CT molecular complexity index is 157. The number of halogens is 2. The summed E-state index contributed by atoms with van der Waals surface area (Å²) in [5.74, 6) is 0.338. The number of hydrogen-bond donors (Lipinski definition) is 2. The Kier molecular flexibility index (Phi) is 6.89. The summed E-state index contributed by atoms with van der Waals surface area (Å²) in [7, 11) is 0. The second-order valence-corrected chi connectivity index (χ2v) is 3.43. The highest BCUT2D eigenvalue weighted by Crippen LogP contribution is 1.99. The summed E-state index contributed by atoms with van der Waals surface area (Å²) < 4.78 is 23.5. The van der Waals surface area contributed by atoms with Gasteiger partial charge < -0.3 is 10.4 Å². The lowest BCUT2D eigenvalue weighted by Gasteiger charge is -2.10. The molecule has 0 heterocycles. The Hall–Kier alpha value is -0.360. The number of carbonyl (C=O) groups is 1. The van der Waals surface area contributed by atoms with Crippen molar-refractivity contribution < 1.29 is 18.7 Å². The van der Waals surface area contributed by atoms with E-state index in [2.05, 4.69) is 5.32 Å². The molecule has 0 saturated carbocycles. The molecule has 0 bridgehead atoms. The fraction of sp³-hybridized carbons (Fsp3) is 0.857. The number of hydrogen-bond acceptors (Lipinski definition) is 3. The first-order valence-electron chi connectivity index (χ1n) is 3.79. The number of amides is 1. The van der Waals surface area contributed by atoms with E-state index >= 15 is 0 Å². The molecule has 6 heteroatoms. The van der Waals surface area contributed by atoms with Crippen LogP contribution >= 0.6 is 11.8 Å². The average Bonchev–Trinajstić information content (AvgIpc) is 2.10. The monoisotopic (exact) mass is 213 g/mol. The lowest BCUT2D eigenvalue weighted by molar-refractivity contribution is -0.121. The highest BCUT2D eigenvalue weighted by atomic mass is 32.2. The summed E-state index contributed by atoms with van der Waals surface area (Å²) in [6.07, 6.45) is -2.43. The molecule has 0 radical (unpaired) electrons. The van der Waals surface area contributed by atoms with Gasteiger partial charge in [0.1, 0.15) is 6.10 Å². The predicted octanol–water partition coefficient (Wildman–Crippen LogP) is 0.482. The molecule has 78 valence electrons. The van der Waals surface area contributed by atoms with Gasteiger partial charge in [0.05, 0.1) is 0 Å². The van der Waals surface area contributed by atoms with Gasteiger partial charge >= 0.3 is 0 Å². The first-order chi connectivity index (χ1) is 6.07. The van der Waals surface area contributed by atoms with Crippen molar-refractivity contribution in [1.82, 2.24) is 5.32 Å². The number of alkyl halides is 2. The zero-order valence-corrected chi connectivity index (χ0v) is 8.11. The molecule has 0 fully saturated rings. The number of aliphatic hydroxyl groups is 1. The summed E-state index contributed by atoms with van der Waals surface area (Å²) in [6, 6.07) is 0. The molecule has 2 N–H and O–H groups in total. The van der Waals surface area contributed by atoms with Gasteiger partial charge in [-0.3, -0.25) is 4.79 Å². The maximum Gasteiger partial charge on any atom is 0.265 e. The van der Waals surface area contributed by atoms with Crippen molar-refractivity contribution in [3.05, 3.63) is 0 Å². The zero-order valence-electron chi connectivity index (χ0n) is 7.30. The molecule has 0 saturated heterocycles.